The van der Waals surface area contributed by atoms with Gasteiger partial charge in [0.1, 0.15) is 11.8 Å². The van der Waals surface area contributed by atoms with Crippen molar-refractivity contribution in [2.24, 2.45) is 38.2 Å². The van der Waals surface area contributed by atoms with E-state index in [1.165, 1.54) is 32.1 Å². The highest BCUT2D eigenvalue weighted by atomic mass is 16.1. The van der Waals surface area contributed by atoms with Crippen LogP contribution < -0.4 is 22.1 Å². The second-order valence-electron chi connectivity index (χ2n) is 10.3. The molecule has 3 saturated carbocycles. The second kappa shape index (κ2) is 7.94. The number of hydrogen-bond acceptors (Lipinski definition) is 7. The maximum Gasteiger partial charge on any atom is 0.230 e. The monoisotopic (exact) mass is 460 g/mol. The van der Waals surface area contributed by atoms with Crippen LogP contribution in [0.5, 0.6) is 0 Å². The third-order valence-corrected chi connectivity index (χ3v) is 8.52. The summed E-state index contributed by atoms with van der Waals surface area (Å²) < 4.78 is 1.93. The van der Waals surface area contributed by atoms with E-state index in [-0.39, 0.29) is 5.41 Å². The lowest BCUT2D eigenvalue weighted by Gasteiger charge is -2.31. The van der Waals surface area contributed by atoms with E-state index >= 15 is 0 Å². The van der Waals surface area contributed by atoms with E-state index in [4.69, 9.17) is 16.5 Å². The highest BCUT2D eigenvalue weighted by Gasteiger charge is 2.72. The highest BCUT2D eigenvalue weighted by Crippen LogP contribution is 2.74. The number of guanidine groups is 1. The number of amidine groups is 1. The summed E-state index contributed by atoms with van der Waals surface area (Å²) in [7, 11) is 0. The average molecular weight is 461 g/mol. The smallest absolute Gasteiger partial charge is 0.230 e. The number of hydrogen-bond donors (Lipinski definition) is 4. The maximum atomic E-state index is 12.1. The first-order valence-corrected chi connectivity index (χ1v) is 12.3. The number of rotatable bonds is 4. The lowest BCUT2D eigenvalue weighted by Crippen LogP contribution is -2.44. The fourth-order valence-electron chi connectivity index (χ4n) is 6.37. The second-order valence-corrected chi connectivity index (χ2v) is 10.3. The van der Waals surface area contributed by atoms with E-state index in [2.05, 4.69) is 20.6 Å². The summed E-state index contributed by atoms with van der Waals surface area (Å²) >= 11 is 0. The van der Waals surface area contributed by atoms with Crippen LogP contribution in [0.3, 0.4) is 0 Å². The molecule has 6 rings (SSSR count). The van der Waals surface area contributed by atoms with Gasteiger partial charge in [0, 0.05) is 35.9 Å². The topological polar surface area (TPSA) is 136 Å². The summed E-state index contributed by atoms with van der Waals surface area (Å²) in [6, 6.07) is 8.53. The number of nitrogens with one attached hydrogen (secondary N) is 2. The van der Waals surface area contributed by atoms with Crippen LogP contribution in [0.15, 0.2) is 53.0 Å². The summed E-state index contributed by atoms with van der Waals surface area (Å²) in [6.45, 7) is 0.293. The fraction of sp³-hybridized carbons (Fsp3) is 0.520. The number of carbonyl (C=O) groups excluding carboxylic acids is 1. The molecule has 6 N–H and O–H groups in total. The molecule has 34 heavy (non-hydrogen) atoms. The average Bonchev–Trinajstić information content (AvgIpc) is 3.72. The lowest BCUT2D eigenvalue weighted by atomic mass is 9.78. The lowest BCUT2D eigenvalue weighted by molar-refractivity contribution is -0.119. The molecule has 1 aliphatic heterocycles. The summed E-state index contributed by atoms with van der Waals surface area (Å²) in [5, 5.41) is 6.91. The number of carbonyl (C=O) groups is 1. The molecule has 4 unspecified atom stereocenters. The molecule has 2 heterocycles. The van der Waals surface area contributed by atoms with Gasteiger partial charge in [-0.3, -0.25) is 9.79 Å². The third kappa shape index (κ3) is 3.50. The van der Waals surface area contributed by atoms with Crippen LogP contribution in [0.4, 0.5) is 5.69 Å². The number of nitrogens with zero attached hydrogens (tertiary/aromatic N) is 4. The molecule has 1 aromatic heterocycles. The van der Waals surface area contributed by atoms with Crippen molar-refractivity contribution in [2.75, 3.05) is 11.9 Å². The van der Waals surface area contributed by atoms with Crippen LogP contribution in [-0.4, -0.2) is 45.9 Å². The van der Waals surface area contributed by atoms with Crippen LogP contribution in [-0.2, 0) is 4.79 Å². The Labute approximate surface area is 199 Å². The number of benzene rings is 1. The molecule has 3 aliphatic carbocycles. The van der Waals surface area contributed by atoms with Gasteiger partial charge in [-0.15, -0.1) is 0 Å². The molecule has 3 fully saturated rings. The van der Waals surface area contributed by atoms with Gasteiger partial charge in [-0.05, 0) is 67.2 Å². The number of imidazole rings is 1. The van der Waals surface area contributed by atoms with Crippen molar-refractivity contribution in [1.82, 2.24) is 14.9 Å². The largest absolute Gasteiger partial charge is 0.369 e. The van der Waals surface area contributed by atoms with Gasteiger partial charge in [0.2, 0.25) is 11.9 Å². The van der Waals surface area contributed by atoms with Gasteiger partial charge in [-0.2, -0.15) is 4.99 Å². The van der Waals surface area contributed by atoms with Gasteiger partial charge in [0.15, 0.2) is 0 Å². The Hall–Kier alpha value is -3.20. The standard InChI is InChI=1S/C25H32N8O/c26-19-3-1-2-8-25(24(19)9-10-24)13-20(25)31-23-29-14-18(21(27)34)22(32-23)30-16-4-6-17(7-5-16)33-12-11-28-15-33/h4-7,11-12,15,18-20H,1-3,8-10,13-14,26H2,(H2,27,34)(H2,29,30,31,32). The predicted octanol–water partition coefficient (Wildman–Crippen LogP) is 2.18. The van der Waals surface area contributed by atoms with Crippen molar-refractivity contribution in [3.05, 3.63) is 43.0 Å². The van der Waals surface area contributed by atoms with Gasteiger partial charge in [-0.1, -0.05) is 12.8 Å². The van der Waals surface area contributed by atoms with Crippen LogP contribution >= 0.6 is 0 Å². The number of fused-ring (bicyclic) bond motifs is 1. The van der Waals surface area contributed by atoms with E-state index in [1.807, 2.05) is 35.0 Å². The van der Waals surface area contributed by atoms with Crippen LogP contribution in [0.25, 0.3) is 5.69 Å². The van der Waals surface area contributed by atoms with Crippen LogP contribution in [0.1, 0.15) is 44.9 Å². The summed E-state index contributed by atoms with van der Waals surface area (Å²) in [5.74, 6) is 0.117. The van der Waals surface area contributed by atoms with Gasteiger partial charge in [0.25, 0.3) is 0 Å². The minimum absolute atomic E-state index is 0.276. The van der Waals surface area contributed by atoms with Crippen molar-refractivity contribution in [3.63, 3.8) is 0 Å². The zero-order chi connectivity index (χ0) is 23.3. The number of aromatic nitrogens is 2. The van der Waals surface area contributed by atoms with Crippen molar-refractivity contribution in [3.8, 4) is 5.69 Å². The first kappa shape index (κ1) is 21.3. The number of primary amides is 1. The van der Waals surface area contributed by atoms with Crippen LogP contribution in [0.2, 0.25) is 0 Å². The van der Waals surface area contributed by atoms with Crippen molar-refractivity contribution in [1.29, 1.82) is 0 Å². The molecule has 0 bridgehead atoms. The quantitative estimate of drug-likeness (QED) is 0.554. The SMILES string of the molecule is NC(=O)C1CN=C(NC2CC23CCCCC(N)C32CC2)N=C1Nc1ccc(-n2ccnc2)cc1. The molecule has 178 valence electrons. The first-order chi connectivity index (χ1) is 16.5. The summed E-state index contributed by atoms with van der Waals surface area (Å²) in [5.41, 5.74) is 14.7. The Balaban J connectivity index is 1.18. The molecule has 0 radical (unpaired) electrons. The summed E-state index contributed by atoms with van der Waals surface area (Å²) in [6.07, 6.45) is 13.8. The normalized spacial score (nSPS) is 31.4. The van der Waals surface area contributed by atoms with E-state index in [1.54, 1.807) is 12.5 Å². The molecule has 4 atom stereocenters. The summed E-state index contributed by atoms with van der Waals surface area (Å²) in [4.78, 5) is 25.5. The molecule has 1 amide bonds. The van der Waals surface area contributed by atoms with E-state index in [0.717, 1.165) is 24.2 Å². The van der Waals surface area contributed by atoms with Gasteiger partial charge in [-0.25, -0.2) is 4.98 Å². The Morgan fingerprint density at radius 3 is 2.65 bits per heavy atom. The number of anilines is 1. The Kier molecular flexibility index (Phi) is 4.98. The zero-order valence-electron chi connectivity index (χ0n) is 19.3. The molecule has 1 aromatic carbocycles. The van der Waals surface area contributed by atoms with E-state index in [9.17, 15) is 4.79 Å². The molecule has 0 saturated heterocycles. The molecular formula is C25H32N8O. The van der Waals surface area contributed by atoms with Crippen molar-refractivity contribution >= 4 is 23.4 Å². The third-order valence-electron chi connectivity index (χ3n) is 8.52. The Morgan fingerprint density at radius 1 is 1.12 bits per heavy atom. The van der Waals surface area contributed by atoms with Crippen LogP contribution in [0, 0.1) is 16.7 Å². The molecule has 9 heteroatoms. The predicted molar refractivity (Wildman–Crippen MR) is 132 cm³/mol. The Morgan fingerprint density at radius 2 is 1.94 bits per heavy atom. The zero-order valence-corrected chi connectivity index (χ0v) is 19.3. The minimum atomic E-state index is -0.576. The van der Waals surface area contributed by atoms with Crippen molar-refractivity contribution in [2.45, 2.75) is 57.0 Å². The van der Waals surface area contributed by atoms with Crippen molar-refractivity contribution < 1.29 is 4.79 Å². The first-order valence-electron chi connectivity index (χ1n) is 12.3. The highest BCUT2D eigenvalue weighted by molar-refractivity contribution is 6.14. The fourth-order valence-corrected chi connectivity index (χ4v) is 6.37. The number of amides is 1. The minimum Gasteiger partial charge on any atom is -0.369 e. The van der Waals surface area contributed by atoms with Gasteiger partial charge >= 0.3 is 0 Å². The number of nitrogens with two attached hydrogens (primary N) is 2. The van der Waals surface area contributed by atoms with Gasteiger partial charge in [0.05, 0.1) is 12.9 Å². The maximum absolute atomic E-state index is 12.1. The molecular weight excluding hydrogens is 428 g/mol. The van der Waals surface area contributed by atoms with E-state index < -0.39 is 11.8 Å². The molecule has 2 spiro atoms. The Bertz CT molecular complexity index is 1130. The molecule has 4 aliphatic rings. The number of aliphatic imine (C=N–C) groups is 2. The molecule has 9 nitrogen and oxygen atoms in total. The van der Waals surface area contributed by atoms with Gasteiger partial charge < -0.3 is 26.7 Å². The molecule has 2 aromatic rings. The van der Waals surface area contributed by atoms with E-state index in [0.29, 0.717) is 35.8 Å².